The van der Waals surface area contributed by atoms with Gasteiger partial charge in [-0.25, -0.2) is 9.07 Å². The minimum Gasteiger partial charge on any atom is -0.338 e. The summed E-state index contributed by atoms with van der Waals surface area (Å²) in [6, 6.07) is 10.9. The molecule has 1 aromatic heterocycles. The molecule has 152 valence electrons. The third kappa shape index (κ3) is 4.56. The molecule has 2 aromatic carbocycles. The second-order valence-corrected chi connectivity index (χ2v) is 7.12. The van der Waals surface area contributed by atoms with E-state index in [2.05, 4.69) is 5.10 Å². The van der Waals surface area contributed by atoms with Gasteiger partial charge in [-0.05, 0) is 30.7 Å². The van der Waals surface area contributed by atoms with E-state index in [-0.39, 0.29) is 41.6 Å². The summed E-state index contributed by atoms with van der Waals surface area (Å²) in [4.78, 5) is 39.0. The van der Waals surface area contributed by atoms with E-state index in [4.69, 9.17) is 11.6 Å². The molecular formula is C21H21ClFN3O3. The van der Waals surface area contributed by atoms with Gasteiger partial charge < -0.3 is 4.90 Å². The van der Waals surface area contributed by atoms with E-state index in [0.29, 0.717) is 23.7 Å². The minimum atomic E-state index is -0.471. The maximum Gasteiger partial charge on any atom is 0.273 e. The fourth-order valence-electron chi connectivity index (χ4n) is 3.21. The second-order valence-electron chi connectivity index (χ2n) is 6.71. The number of fused-ring (bicyclic) bond motifs is 1. The lowest BCUT2D eigenvalue weighted by atomic mass is 10.1. The fourth-order valence-corrected chi connectivity index (χ4v) is 3.43. The van der Waals surface area contributed by atoms with Crippen molar-refractivity contribution in [2.45, 2.75) is 32.9 Å². The van der Waals surface area contributed by atoms with Gasteiger partial charge in [-0.2, -0.15) is 0 Å². The van der Waals surface area contributed by atoms with Gasteiger partial charge in [0.05, 0.1) is 17.3 Å². The number of aryl methyl sites for hydroxylation is 1. The number of H-pyrrole nitrogens is 1. The van der Waals surface area contributed by atoms with Crippen LogP contribution in [0.5, 0.6) is 0 Å². The standard InChI is InChI=1S/C21H21ClFN3O3/c1-2-11-25(13-16-17(22)8-5-9-18(16)23)19(27)10-12-26-21(29)15-7-4-3-6-14(15)20(28)24-26/h3-9H,2,10-13H2,1H3,(H,24,28). The predicted molar refractivity (Wildman–Crippen MR) is 111 cm³/mol. The van der Waals surface area contributed by atoms with Crippen LogP contribution in [0.4, 0.5) is 4.39 Å². The van der Waals surface area contributed by atoms with Crippen molar-refractivity contribution in [2.24, 2.45) is 0 Å². The number of hydrogen-bond acceptors (Lipinski definition) is 3. The van der Waals surface area contributed by atoms with Gasteiger partial charge in [-0.3, -0.25) is 19.5 Å². The maximum absolute atomic E-state index is 14.1. The van der Waals surface area contributed by atoms with Crippen LogP contribution in [-0.4, -0.2) is 27.1 Å². The number of halogens is 2. The summed E-state index contributed by atoms with van der Waals surface area (Å²) in [7, 11) is 0. The number of hydrogen-bond donors (Lipinski definition) is 1. The molecule has 6 nitrogen and oxygen atoms in total. The molecule has 0 spiro atoms. The molecule has 0 radical (unpaired) electrons. The lowest BCUT2D eigenvalue weighted by Crippen LogP contribution is -2.35. The van der Waals surface area contributed by atoms with Crippen LogP contribution in [0.3, 0.4) is 0 Å². The average molecular weight is 418 g/mol. The fraction of sp³-hybridized carbons (Fsp3) is 0.286. The molecule has 0 saturated carbocycles. The number of aromatic amines is 1. The average Bonchev–Trinajstić information content (AvgIpc) is 2.71. The molecule has 0 atom stereocenters. The van der Waals surface area contributed by atoms with Gasteiger partial charge in [0.25, 0.3) is 11.1 Å². The Morgan fingerprint density at radius 2 is 1.86 bits per heavy atom. The van der Waals surface area contributed by atoms with E-state index < -0.39 is 11.4 Å². The first kappa shape index (κ1) is 20.8. The van der Waals surface area contributed by atoms with Crippen LogP contribution < -0.4 is 11.1 Å². The molecule has 8 heteroatoms. The summed E-state index contributed by atoms with van der Waals surface area (Å²) in [5.74, 6) is -0.728. The smallest absolute Gasteiger partial charge is 0.273 e. The Kier molecular flexibility index (Phi) is 6.49. The highest BCUT2D eigenvalue weighted by molar-refractivity contribution is 6.31. The van der Waals surface area contributed by atoms with Crippen molar-refractivity contribution < 1.29 is 9.18 Å². The number of rotatable bonds is 7. The number of carbonyl (C=O) groups excluding carboxylic acids is 1. The van der Waals surface area contributed by atoms with Crippen LogP contribution in [0.25, 0.3) is 10.8 Å². The van der Waals surface area contributed by atoms with Crippen molar-refractivity contribution in [3.8, 4) is 0 Å². The lowest BCUT2D eigenvalue weighted by Gasteiger charge is -2.23. The van der Waals surface area contributed by atoms with Gasteiger partial charge in [0.15, 0.2) is 0 Å². The molecule has 3 rings (SSSR count). The predicted octanol–water partition coefficient (Wildman–Crippen LogP) is 3.31. The maximum atomic E-state index is 14.1. The number of amides is 1. The Labute approximate surface area is 171 Å². The molecule has 1 amide bonds. The molecule has 3 aromatic rings. The highest BCUT2D eigenvalue weighted by Gasteiger charge is 2.18. The summed E-state index contributed by atoms with van der Waals surface area (Å²) in [5, 5.41) is 3.37. The van der Waals surface area contributed by atoms with Crippen molar-refractivity contribution in [3.05, 3.63) is 79.6 Å². The quantitative estimate of drug-likeness (QED) is 0.640. The van der Waals surface area contributed by atoms with Crippen molar-refractivity contribution in [3.63, 3.8) is 0 Å². The zero-order valence-corrected chi connectivity index (χ0v) is 16.7. The molecule has 0 unspecified atom stereocenters. The van der Waals surface area contributed by atoms with Crippen molar-refractivity contribution in [1.29, 1.82) is 0 Å². The molecule has 1 N–H and O–H groups in total. The van der Waals surface area contributed by atoms with E-state index in [0.717, 1.165) is 4.68 Å². The van der Waals surface area contributed by atoms with Gasteiger partial charge in [0, 0.05) is 30.1 Å². The first-order valence-corrected chi connectivity index (χ1v) is 9.72. The summed E-state index contributed by atoms with van der Waals surface area (Å²) >= 11 is 6.08. The van der Waals surface area contributed by atoms with Gasteiger partial charge in [-0.1, -0.05) is 36.7 Å². The molecule has 0 fully saturated rings. The summed E-state index contributed by atoms with van der Waals surface area (Å²) in [6.07, 6.45) is 0.671. The first-order valence-electron chi connectivity index (χ1n) is 9.35. The van der Waals surface area contributed by atoms with E-state index in [1.54, 1.807) is 30.3 Å². The Morgan fingerprint density at radius 1 is 1.14 bits per heavy atom. The molecule has 0 bridgehead atoms. The highest BCUT2D eigenvalue weighted by Crippen LogP contribution is 2.21. The summed E-state index contributed by atoms with van der Waals surface area (Å²) < 4.78 is 15.2. The van der Waals surface area contributed by atoms with E-state index in [1.165, 1.54) is 17.0 Å². The second kappa shape index (κ2) is 9.05. The molecule has 0 aliphatic heterocycles. The molecule has 1 heterocycles. The number of aromatic nitrogens is 2. The number of benzene rings is 2. The van der Waals surface area contributed by atoms with Crippen molar-refractivity contribution in [1.82, 2.24) is 14.7 Å². The van der Waals surface area contributed by atoms with Crippen LogP contribution in [-0.2, 0) is 17.9 Å². The molecule has 0 saturated heterocycles. The van der Waals surface area contributed by atoms with Gasteiger partial charge in [-0.15, -0.1) is 0 Å². The van der Waals surface area contributed by atoms with Gasteiger partial charge in [0.1, 0.15) is 5.82 Å². The highest BCUT2D eigenvalue weighted by atomic mass is 35.5. The largest absolute Gasteiger partial charge is 0.338 e. The monoisotopic (exact) mass is 417 g/mol. The van der Waals surface area contributed by atoms with E-state index in [9.17, 15) is 18.8 Å². The zero-order chi connectivity index (χ0) is 21.0. The first-order chi connectivity index (χ1) is 13.9. The Balaban J connectivity index is 1.79. The van der Waals surface area contributed by atoms with Crippen LogP contribution >= 0.6 is 11.6 Å². The third-order valence-corrected chi connectivity index (χ3v) is 5.04. The van der Waals surface area contributed by atoms with Crippen LogP contribution in [0.1, 0.15) is 25.3 Å². The number of carbonyl (C=O) groups is 1. The third-order valence-electron chi connectivity index (χ3n) is 4.69. The van der Waals surface area contributed by atoms with Gasteiger partial charge in [0.2, 0.25) is 5.91 Å². The normalized spacial score (nSPS) is 11.0. The van der Waals surface area contributed by atoms with Crippen molar-refractivity contribution >= 4 is 28.3 Å². The lowest BCUT2D eigenvalue weighted by molar-refractivity contribution is -0.132. The summed E-state index contributed by atoms with van der Waals surface area (Å²) in [5.41, 5.74) is -0.504. The minimum absolute atomic E-state index is 0.0136. The van der Waals surface area contributed by atoms with E-state index in [1.807, 2.05) is 6.92 Å². The van der Waals surface area contributed by atoms with Crippen LogP contribution in [0.15, 0.2) is 52.1 Å². The summed E-state index contributed by atoms with van der Waals surface area (Å²) in [6.45, 7) is 2.39. The topological polar surface area (TPSA) is 75.2 Å². The zero-order valence-electron chi connectivity index (χ0n) is 16.0. The van der Waals surface area contributed by atoms with Crippen LogP contribution in [0, 0.1) is 5.82 Å². The number of nitrogens with zero attached hydrogens (tertiary/aromatic N) is 2. The Morgan fingerprint density at radius 3 is 2.55 bits per heavy atom. The Bertz CT molecular complexity index is 1140. The molecule has 0 aliphatic carbocycles. The SMILES string of the molecule is CCCN(Cc1c(F)cccc1Cl)C(=O)CCn1[nH]c(=O)c2ccccc2c1=O. The van der Waals surface area contributed by atoms with Crippen molar-refractivity contribution in [2.75, 3.05) is 6.54 Å². The molecule has 29 heavy (non-hydrogen) atoms. The number of nitrogens with one attached hydrogen (secondary N) is 1. The molecular weight excluding hydrogens is 397 g/mol. The Hall–Kier alpha value is -2.93. The van der Waals surface area contributed by atoms with Gasteiger partial charge >= 0.3 is 0 Å². The van der Waals surface area contributed by atoms with Crippen LogP contribution in [0.2, 0.25) is 5.02 Å². The molecule has 0 aliphatic rings. The van der Waals surface area contributed by atoms with E-state index >= 15 is 0 Å².